The molecule has 2 aromatic heterocycles. The smallest absolute Gasteiger partial charge is 0.434 e. The Hall–Kier alpha value is -1.80. The van der Waals surface area contributed by atoms with E-state index >= 15 is 0 Å². The summed E-state index contributed by atoms with van der Waals surface area (Å²) in [5, 5.41) is 9.00. The maximum Gasteiger partial charge on any atom is 0.434 e. The van der Waals surface area contributed by atoms with Crippen molar-refractivity contribution in [3.63, 3.8) is 0 Å². The molecule has 0 saturated carbocycles. The number of imidazole rings is 1. The molecule has 1 aliphatic heterocycles. The first kappa shape index (κ1) is 17.0. The van der Waals surface area contributed by atoms with Crippen LogP contribution in [0.5, 0.6) is 0 Å². The average Bonchev–Trinajstić information content (AvgIpc) is 3.12. The Kier molecular flexibility index (Phi) is 4.69. The Morgan fingerprint density at radius 1 is 1.38 bits per heavy atom. The summed E-state index contributed by atoms with van der Waals surface area (Å²) < 4.78 is 45.3. The molecule has 0 fully saturated rings. The number of hydrogen-bond donors (Lipinski definition) is 1. The number of aliphatic hydroxyl groups excluding tert-OH is 1. The molecule has 1 aliphatic rings. The fraction of sp³-hybridized carbons (Fsp3) is 0.562. The van der Waals surface area contributed by atoms with Gasteiger partial charge >= 0.3 is 6.18 Å². The van der Waals surface area contributed by atoms with Gasteiger partial charge in [0, 0.05) is 25.7 Å². The number of aliphatic hydroxyl groups is 1. The minimum Gasteiger partial charge on any atom is -0.462 e. The highest BCUT2D eigenvalue weighted by molar-refractivity contribution is 5.10. The summed E-state index contributed by atoms with van der Waals surface area (Å²) in [5.41, 5.74) is -0.807. The summed E-state index contributed by atoms with van der Waals surface area (Å²) >= 11 is 0. The molecule has 1 N–H and O–H groups in total. The van der Waals surface area contributed by atoms with Crippen LogP contribution in [-0.4, -0.2) is 33.1 Å². The van der Waals surface area contributed by atoms with Gasteiger partial charge in [0.05, 0.1) is 6.54 Å². The monoisotopic (exact) mass is 343 g/mol. The van der Waals surface area contributed by atoms with Gasteiger partial charge in [-0.1, -0.05) is 0 Å². The van der Waals surface area contributed by atoms with Crippen LogP contribution in [0.3, 0.4) is 0 Å². The normalized spacial score (nSPS) is 18.2. The van der Waals surface area contributed by atoms with Crippen LogP contribution in [0, 0.1) is 5.92 Å². The van der Waals surface area contributed by atoms with E-state index in [4.69, 9.17) is 9.52 Å². The maximum atomic E-state index is 12.7. The molecule has 0 aromatic carbocycles. The molecule has 0 unspecified atom stereocenters. The predicted molar refractivity (Wildman–Crippen MR) is 80.0 cm³/mol. The highest BCUT2D eigenvalue weighted by Gasteiger charge is 2.35. The lowest BCUT2D eigenvalue weighted by atomic mass is 9.99. The van der Waals surface area contributed by atoms with Crippen LogP contribution in [0.4, 0.5) is 13.2 Å². The van der Waals surface area contributed by atoms with Crippen molar-refractivity contribution in [1.29, 1.82) is 0 Å². The van der Waals surface area contributed by atoms with Crippen molar-refractivity contribution in [3.8, 4) is 0 Å². The van der Waals surface area contributed by atoms with E-state index in [9.17, 15) is 13.2 Å². The van der Waals surface area contributed by atoms with E-state index < -0.39 is 11.9 Å². The summed E-state index contributed by atoms with van der Waals surface area (Å²) in [6, 6.07) is 3.56. The van der Waals surface area contributed by atoms with Crippen molar-refractivity contribution in [1.82, 2.24) is 14.5 Å². The molecule has 0 aliphatic carbocycles. The second-order valence-electron chi connectivity index (χ2n) is 6.32. The minimum atomic E-state index is -4.39. The molecule has 5 nitrogen and oxygen atoms in total. The molecule has 24 heavy (non-hydrogen) atoms. The van der Waals surface area contributed by atoms with Gasteiger partial charge in [-0.3, -0.25) is 4.90 Å². The second kappa shape index (κ2) is 6.60. The average molecular weight is 343 g/mol. The third-order valence-electron chi connectivity index (χ3n) is 4.25. The quantitative estimate of drug-likeness (QED) is 0.907. The number of rotatable bonds is 5. The van der Waals surface area contributed by atoms with E-state index in [1.165, 1.54) is 0 Å². The zero-order valence-corrected chi connectivity index (χ0v) is 13.4. The van der Waals surface area contributed by atoms with Gasteiger partial charge in [-0.05, 0) is 31.5 Å². The summed E-state index contributed by atoms with van der Waals surface area (Å²) in [5.74, 6) is 2.07. The maximum absolute atomic E-state index is 12.7. The van der Waals surface area contributed by atoms with Crippen molar-refractivity contribution in [2.75, 3.05) is 13.6 Å². The van der Waals surface area contributed by atoms with Gasteiger partial charge in [-0.15, -0.1) is 0 Å². The number of aryl methyl sites for hydroxylation is 1. The minimum absolute atomic E-state index is 0.128. The second-order valence-corrected chi connectivity index (χ2v) is 6.32. The molecule has 8 heteroatoms. The SMILES string of the molecule is CN(Cc1ccc(CO)o1)C[C@@H]1CCc2nc(C(F)(F)F)cn2C1. The van der Waals surface area contributed by atoms with Crippen LogP contribution in [-0.2, 0) is 32.3 Å². The first-order chi connectivity index (χ1) is 11.3. The fourth-order valence-corrected chi connectivity index (χ4v) is 3.16. The predicted octanol–water partition coefficient (Wildman–Crippen LogP) is 2.68. The first-order valence-corrected chi connectivity index (χ1v) is 7.85. The molecule has 0 saturated heterocycles. The molecule has 132 valence electrons. The summed E-state index contributed by atoms with van der Waals surface area (Å²) in [6.45, 7) is 1.77. The van der Waals surface area contributed by atoms with Crippen LogP contribution in [0.15, 0.2) is 22.7 Å². The van der Waals surface area contributed by atoms with Crippen molar-refractivity contribution in [2.45, 2.75) is 38.7 Å². The number of nitrogens with zero attached hydrogens (tertiary/aromatic N) is 3. The van der Waals surface area contributed by atoms with Gasteiger partial charge in [0.2, 0.25) is 0 Å². The highest BCUT2D eigenvalue weighted by atomic mass is 19.4. The van der Waals surface area contributed by atoms with Gasteiger partial charge in [0.25, 0.3) is 0 Å². The van der Waals surface area contributed by atoms with Crippen LogP contribution >= 0.6 is 0 Å². The lowest BCUT2D eigenvalue weighted by molar-refractivity contribution is -0.141. The van der Waals surface area contributed by atoms with Gasteiger partial charge in [-0.25, -0.2) is 4.98 Å². The van der Waals surface area contributed by atoms with Gasteiger partial charge < -0.3 is 14.1 Å². The molecule has 0 bridgehead atoms. The number of alkyl halides is 3. The Bertz CT molecular complexity index is 693. The number of hydrogen-bond acceptors (Lipinski definition) is 4. The summed E-state index contributed by atoms with van der Waals surface area (Å²) in [7, 11) is 1.95. The Labute approximate surface area is 137 Å². The molecule has 3 heterocycles. The van der Waals surface area contributed by atoms with E-state index in [0.717, 1.165) is 24.9 Å². The molecule has 0 amide bonds. The molecule has 3 rings (SSSR count). The molecule has 0 radical (unpaired) electrons. The number of halogens is 3. The third kappa shape index (κ3) is 3.81. The van der Waals surface area contributed by atoms with Crippen molar-refractivity contribution >= 4 is 0 Å². The molecular formula is C16H20F3N3O2. The van der Waals surface area contributed by atoms with Crippen LogP contribution in [0.1, 0.15) is 29.5 Å². The Morgan fingerprint density at radius 2 is 2.12 bits per heavy atom. The van der Waals surface area contributed by atoms with E-state index in [-0.39, 0.29) is 12.5 Å². The Balaban J connectivity index is 1.58. The fourth-order valence-electron chi connectivity index (χ4n) is 3.16. The van der Waals surface area contributed by atoms with Crippen molar-refractivity contribution in [3.05, 3.63) is 41.4 Å². The molecule has 2 aromatic rings. The number of furan rings is 1. The third-order valence-corrected chi connectivity index (χ3v) is 4.25. The van der Waals surface area contributed by atoms with E-state index in [1.54, 1.807) is 10.6 Å². The Morgan fingerprint density at radius 3 is 2.79 bits per heavy atom. The lowest BCUT2D eigenvalue weighted by Crippen LogP contribution is -2.31. The number of fused-ring (bicyclic) bond motifs is 1. The molecular weight excluding hydrogens is 323 g/mol. The van der Waals surface area contributed by atoms with Gasteiger partial charge in [-0.2, -0.15) is 13.2 Å². The van der Waals surface area contributed by atoms with Crippen LogP contribution < -0.4 is 0 Å². The lowest BCUT2D eigenvalue weighted by Gasteiger charge is -2.27. The first-order valence-electron chi connectivity index (χ1n) is 7.85. The van der Waals surface area contributed by atoms with E-state index in [2.05, 4.69) is 9.88 Å². The molecule has 1 atom stereocenters. The van der Waals surface area contributed by atoms with E-state index in [1.807, 2.05) is 13.1 Å². The number of aromatic nitrogens is 2. The summed E-state index contributed by atoms with van der Waals surface area (Å²) in [6.07, 6.45) is -1.90. The molecule has 0 spiro atoms. The van der Waals surface area contributed by atoms with Crippen LogP contribution in [0.25, 0.3) is 0 Å². The van der Waals surface area contributed by atoms with Gasteiger partial charge in [0.1, 0.15) is 24.0 Å². The zero-order chi connectivity index (χ0) is 17.3. The summed E-state index contributed by atoms with van der Waals surface area (Å²) in [4.78, 5) is 5.78. The van der Waals surface area contributed by atoms with Crippen molar-refractivity contribution in [2.24, 2.45) is 5.92 Å². The highest BCUT2D eigenvalue weighted by Crippen LogP contribution is 2.30. The largest absolute Gasteiger partial charge is 0.462 e. The van der Waals surface area contributed by atoms with Crippen molar-refractivity contribution < 1.29 is 22.7 Å². The van der Waals surface area contributed by atoms with Crippen LogP contribution in [0.2, 0.25) is 0 Å². The van der Waals surface area contributed by atoms with E-state index in [0.29, 0.717) is 31.1 Å². The standard InChI is InChI=1S/C16H20F3N3O2/c1-21(8-12-3-4-13(10-23)24-12)6-11-2-5-15-20-14(16(17,18)19)9-22(15)7-11/h3-4,9,11,23H,2,5-8,10H2,1H3/t11-/m0/s1. The zero-order valence-electron chi connectivity index (χ0n) is 13.4. The van der Waals surface area contributed by atoms with Gasteiger partial charge in [0.15, 0.2) is 5.69 Å². The topological polar surface area (TPSA) is 54.4 Å².